The molecule has 2 fully saturated rings. The van der Waals surface area contributed by atoms with Gasteiger partial charge in [0, 0.05) is 31.7 Å². The molecule has 1 unspecified atom stereocenters. The lowest BCUT2D eigenvalue weighted by Crippen LogP contribution is -2.43. The SMILES string of the molecule is CCC1CCCCN1C(=O)c1cc(N2CCCCCC2)ncn1. The summed E-state index contributed by atoms with van der Waals surface area (Å²) in [7, 11) is 0. The van der Waals surface area contributed by atoms with Crippen LogP contribution >= 0.6 is 0 Å². The molecule has 0 radical (unpaired) electrons. The van der Waals surface area contributed by atoms with Crippen LogP contribution < -0.4 is 4.90 Å². The van der Waals surface area contributed by atoms with Crippen molar-refractivity contribution in [3.63, 3.8) is 0 Å². The molecule has 1 aromatic heterocycles. The van der Waals surface area contributed by atoms with E-state index in [0.29, 0.717) is 11.7 Å². The lowest BCUT2D eigenvalue weighted by molar-refractivity contribution is 0.0602. The maximum Gasteiger partial charge on any atom is 0.272 e. The lowest BCUT2D eigenvalue weighted by Gasteiger charge is -2.35. The van der Waals surface area contributed by atoms with Crippen LogP contribution in [-0.2, 0) is 0 Å². The third-order valence-electron chi connectivity index (χ3n) is 5.16. The zero-order valence-corrected chi connectivity index (χ0v) is 14.2. The molecule has 2 saturated heterocycles. The second-order valence-electron chi connectivity index (χ2n) is 6.72. The van der Waals surface area contributed by atoms with Crippen molar-refractivity contribution in [2.24, 2.45) is 0 Å². The van der Waals surface area contributed by atoms with Crippen LogP contribution in [0.3, 0.4) is 0 Å². The number of likely N-dealkylation sites (tertiary alicyclic amines) is 1. The number of aromatic nitrogens is 2. The molecule has 3 heterocycles. The zero-order chi connectivity index (χ0) is 16.1. The fourth-order valence-electron chi connectivity index (χ4n) is 3.78. The molecule has 23 heavy (non-hydrogen) atoms. The number of piperidine rings is 1. The van der Waals surface area contributed by atoms with Gasteiger partial charge in [-0.2, -0.15) is 0 Å². The van der Waals surface area contributed by atoms with E-state index in [4.69, 9.17) is 0 Å². The van der Waals surface area contributed by atoms with Crippen molar-refractivity contribution in [2.45, 2.75) is 64.3 Å². The van der Waals surface area contributed by atoms with Gasteiger partial charge < -0.3 is 9.80 Å². The van der Waals surface area contributed by atoms with Gasteiger partial charge in [0.2, 0.25) is 0 Å². The Labute approximate surface area is 139 Å². The number of nitrogens with zero attached hydrogens (tertiary/aromatic N) is 4. The van der Waals surface area contributed by atoms with Gasteiger partial charge in [-0.15, -0.1) is 0 Å². The predicted octanol–water partition coefficient (Wildman–Crippen LogP) is 3.26. The molecule has 0 N–H and O–H groups in total. The normalized spacial score (nSPS) is 22.7. The largest absolute Gasteiger partial charge is 0.357 e. The summed E-state index contributed by atoms with van der Waals surface area (Å²) in [4.78, 5) is 25.9. The number of carbonyl (C=O) groups excluding carboxylic acids is 1. The Bertz CT molecular complexity index is 526. The molecule has 0 aliphatic carbocycles. The number of amides is 1. The molecule has 3 rings (SSSR count). The molecular weight excluding hydrogens is 288 g/mol. The van der Waals surface area contributed by atoms with E-state index in [2.05, 4.69) is 21.8 Å². The third-order valence-corrected chi connectivity index (χ3v) is 5.16. The minimum Gasteiger partial charge on any atom is -0.357 e. The Balaban J connectivity index is 1.76. The van der Waals surface area contributed by atoms with Gasteiger partial charge in [0.25, 0.3) is 5.91 Å². The van der Waals surface area contributed by atoms with Crippen LogP contribution in [0.2, 0.25) is 0 Å². The Kier molecular flexibility index (Phi) is 5.47. The first kappa shape index (κ1) is 16.2. The van der Waals surface area contributed by atoms with Crippen LogP contribution in [0.1, 0.15) is 68.8 Å². The summed E-state index contributed by atoms with van der Waals surface area (Å²) in [6, 6.07) is 2.27. The molecule has 1 aromatic rings. The first-order chi connectivity index (χ1) is 11.3. The molecule has 5 nitrogen and oxygen atoms in total. The van der Waals surface area contributed by atoms with Gasteiger partial charge >= 0.3 is 0 Å². The highest BCUT2D eigenvalue weighted by atomic mass is 16.2. The Morgan fingerprint density at radius 2 is 1.83 bits per heavy atom. The second kappa shape index (κ2) is 7.75. The van der Waals surface area contributed by atoms with E-state index in [1.54, 1.807) is 6.33 Å². The third kappa shape index (κ3) is 3.82. The van der Waals surface area contributed by atoms with Crippen molar-refractivity contribution < 1.29 is 4.79 Å². The number of carbonyl (C=O) groups is 1. The highest BCUT2D eigenvalue weighted by Crippen LogP contribution is 2.23. The van der Waals surface area contributed by atoms with Gasteiger partial charge in [0.05, 0.1) is 0 Å². The summed E-state index contributed by atoms with van der Waals surface area (Å²) in [6.07, 6.45) is 11.0. The van der Waals surface area contributed by atoms with Crippen LogP contribution in [0.15, 0.2) is 12.4 Å². The average Bonchev–Trinajstić information content (AvgIpc) is 2.90. The lowest BCUT2D eigenvalue weighted by atomic mass is 9.99. The number of hydrogen-bond donors (Lipinski definition) is 0. The maximum absolute atomic E-state index is 12.9. The summed E-state index contributed by atoms with van der Waals surface area (Å²) in [5.74, 6) is 0.991. The van der Waals surface area contributed by atoms with E-state index in [0.717, 1.165) is 44.7 Å². The van der Waals surface area contributed by atoms with Crippen LogP contribution in [-0.4, -0.2) is 46.5 Å². The highest BCUT2D eigenvalue weighted by molar-refractivity contribution is 5.93. The Morgan fingerprint density at radius 3 is 2.57 bits per heavy atom. The van der Waals surface area contributed by atoms with Crippen LogP contribution in [0.5, 0.6) is 0 Å². The second-order valence-corrected chi connectivity index (χ2v) is 6.72. The molecule has 0 aromatic carbocycles. The number of anilines is 1. The highest BCUT2D eigenvalue weighted by Gasteiger charge is 2.27. The van der Waals surface area contributed by atoms with Gasteiger partial charge in [-0.3, -0.25) is 4.79 Å². The van der Waals surface area contributed by atoms with E-state index >= 15 is 0 Å². The van der Waals surface area contributed by atoms with Crippen LogP contribution in [0.25, 0.3) is 0 Å². The van der Waals surface area contributed by atoms with Gasteiger partial charge in [-0.1, -0.05) is 19.8 Å². The Morgan fingerprint density at radius 1 is 1.09 bits per heavy atom. The molecule has 2 aliphatic heterocycles. The quantitative estimate of drug-likeness (QED) is 0.859. The van der Waals surface area contributed by atoms with E-state index in [9.17, 15) is 4.79 Å². The van der Waals surface area contributed by atoms with Gasteiger partial charge in [0.1, 0.15) is 17.8 Å². The van der Waals surface area contributed by atoms with E-state index in [1.807, 2.05) is 11.0 Å². The average molecular weight is 316 g/mol. The maximum atomic E-state index is 12.9. The van der Waals surface area contributed by atoms with Gasteiger partial charge in [-0.25, -0.2) is 9.97 Å². The Hall–Kier alpha value is -1.65. The predicted molar refractivity (Wildman–Crippen MR) is 91.7 cm³/mol. The topological polar surface area (TPSA) is 49.3 Å². The van der Waals surface area contributed by atoms with E-state index < -0.39 is 0 Å². The first-order valence-corrected chi connectivity index (χ1v) is 9.17. The molecule has 0 bridgehead atoms. The van der Waals surface area contributed by atoms with E-state index in [-0.39, 0.29) is 5.91 Å². The molecule has 126 valence electrons. The van der Waals surface area contributed by atoms with Gasteiger partial charge in [0.15, 0.2) is 0 Å². The van der Waals surface area contributed by atoms with Crippen molar-refractivity contribution in [1.29, 1.82) is 0 Å². The summed E-state index contributed by atoms with van der Waals surface area (Å²) in [5, 5.41) is 0. The molecule has 0 spiro atoms. The van der Waals surface area contributed by atoms with Crippen molar-refractivity contribution in [3.05, 3.63) is 18.1 Å². The standard InChI is InChI=1S/C18H28N4O/c1-2-15-9-5-8-12-22(15)18(23)16-13-17(20-14-19-16)21-10-6-3-4-7-11-21/h13-15H,2-12H2,1H3. The number of hydrogen-bond acceptors (Lipinski definition) is 4. The monoisotopic (exact) mass is 316 g/mol. The number of rotatable bonds is 3. The molecule has 1 atom stereocenters. The van der Waals surface area contributed by atoms with Crippen LogP contribution in [0, 0.1) is 0 Å². The molecular formula is C18H28N4O. The van der Waals surface area contributed by atoms with Crippen molar-refractivity contribution in [3.8, 4) is 0 Å². The van der Waals surface area contributed by atoms with Crippen molar-refractivity contribution in [2.75, 3.05) is 24.5 Å². The summed E-state index contributed by atoms with van der Waals surface area (Å²) < 4.78 is 0. The minimum absolute atomic E-state index is 0.0787. The summed E-state index contributed by atoms with van der Waals surface area (Å²) in [6.45, 7) is 5.09. The fourth-order valence-corrected chi connectivity index (χ4v) is 3.78. The molecule has 5 heteroatoms. The minimum atomic E-state index is 0.0787. The molecule has 2 aliphatic rings. The molecule has 0 saturated carbocycles. The van der Waals surface area contributed by atoms with Crippen LogP contribution in [0.4, 0.5) is 5.82 Å². The van der Waals surface area contributed by atoms with Gasteiger partial charge in [-0.05, 0) is 38.5 Å². The van der Waals surface area contributed by atoms with Crippen molar-refractivity contribution in [1.82, 2.24) is 14.9 Å². The molecule has 1 amide bonds. The summed E-state index contributed by atoms with van der Waals surface area (Å²) >= 11 is 0. The summed E-state index contributed by atoms with van der Waals surface area (Å²) in [5.41, 5.74) is 0.555. The van der Waals surface area contributed by atoms with Crippen molar-refractivity contribution >= 4 is 11.7 Å². The fraction of sp³-hybridized carbons (Fsp3) is 0.722. The first-order valence-electron chi connectivity index (χ1n) is 9.17. The smallest absolute Gasteiger partial charge is 0.272 e. The van der Waals surface area contributed by atoms with E-state index in [1.165, 1.54) is 32.1 Å². The zero-order valence-electron chi connectivity index (χ0n) is 14.2.